The minimum Gasteiger partial charge on any atom is -0.480 e. The number of carboxylic acids is 1. The van der Waals surface area contributed by atoms with E-state index >= 15 is 0 Å². The maximum atomic E-state index is 11.7. The number of aryl methyl sites for hydroxylation is 1. The van der Waals surface area contributed by atoms with Crippen molar-refractivity contribution in [2.24, 2.45) is 0 Å². The molecular weight excluding hydrogens is 232 g/mol. The molecule has 0 radical (unpaired) electrons. The zero-order valence-electron chi connectivity index (χ0n) is 10.5. The van der Waals surface area contributed by atoms with Crippen LogP contribution in [-0.2, 0) is 11.2 Å². The lowest BCUT2D eigenvalue weighted by molar-refractivity contribution is -0.138. The highest BCUT2D eigenvalue weighted by Crippen LogP contribution is 2.23. The fourth-order valence-electron chi connectivity index (χ4n) is 2.05. The molecule has 5 nitrogen and oxygen atoms in total. The van der Waals surface area contributed by atoms with Gasteiger partial charge in [-0.2, -0.15) is 0 Å². The van der Waals surface area contributed by atoms with Gasteiger partial charge in [0, 0.05) is 19.0 Å². The number of anilines is 1. The fraction of sp³-hybridized carbons (Fsp3) is 0.462. The van der Waals surface area contributed by atoms with Crippen LogP contribution < -0.4 is 4.90 Å². The molecule has 1 aromatic heterocycles. The number of carboxylic acid groups (broad SMARTS) is 1. The van der Waals surface area contributed by atoms with Crippen molar-refractivity contribution in [3.63, 3.8) is 0 Å². The summed E-state index contributed by atoms with van der Waals surface area (Å²) in [6, 6.07) is 2.82. The Balaban J connectivity index is 2.31. The van der Waals surface area contributed by atoms with E-state index in [1.165, 1.54) is 0 Å². The van der Waals surface area contributed by atoms with Gasteiger partial charge in [-0.3, -0.25) is 4.79 Å². The quantitative estimate of drug-likeness (QED) is 0.878. The normalized spacial score (nSPS) is 16.0. The third-order valence-electron chi connectivity index (χ3n) is 3.38. The Morgan fingerprint density at radius 3 is 2.83 bits per heavy atom. The van der Waals surface area contributed by atoms with Gasteiger partial charge in [-0.15, -0.1) is 0 Å². The van der Waals surface area contributed by atoms with Crippen LogP contribution in [0.15, 0.2) is 12.1 Å². The van der Waals surface area contributed by atoms with Gasteiger partial charge >= 0.3 is 5.97 Å². The van der Waals surface area contributed by atoms with Crippen molar-refractivity contribution in [2.45, 2.75) is 32.2 Å². The molecule has 1 N–H and O–H groups in total. The monoisotopic (exact) mass is 248 g/mol. The van der Waals surface area contributed by atoms with Crippen LogP contribution in [0.1, 0.15) is 35.8 Å². The van der Waals surface area contributed by atoms with Crippen LogP contribution in [0, 0.1) is 0 Å². The van der Waals surface area contributed by atoms with E-state index in [1.54, 1.807) is 31.0 Å². The van der Waals surface area contributed by atoms with Crippen molar-refractivity contribution in [3.05, 3.63) is 23.4 Å². The lowest BCUT2D eigenvalue weighted by Gasteiger charge is -2.24. The number of aliphatic carboxylic acids is 1. The first-order chi connectivity index (χ1) is 8.50. The second kappa shape index (κ2) is 4.76. The highest BCUT2D eigenvalue weighted by atomic mass is 16.4. The lowest BCUT2D eigenvalue weighted by Crippen LogP contribution is -2.36. The van der Waals surface area contributed by atoms with Crippen molar-refractivity contribution < 1.29 is 14.7 Å². The number of nitrogens with zero attached hydrogens (tertiary/aromatic N) is 2. The number of aromatic nitrogens is 1. The molecule has 18 heavy (non-hydrogen) atoms. The molecule has 0 fully saturated rings. The number of pyridine rings is 1. The molecule has 1 aromatic rings. The van der Waals surface area contributed by atoms with Gasteiger partial charge in [0.25, 0.3) is 0 Å². The van der Waals surface area contributed by atoms with Crippen molar-refractivity contribution in [3.8, 4) is 0 Å². The molecular formula is C13H16N2O3. The largest absolute Gasteiger partial charge is 0.480 e. The highest BCUT2D eigenvalue weighted by Gasteiger charge is 2.22. The van der Waals surface area contributed by atoms with E-state index in [0.717, 1.165) is 18.5 Å². The van der Waals surface area contributed by atoms with Crippen LogP contribution in [0.3, 0.4) is 0 Å². The first kappa shape index (κ1) is 12.5. The maximum Gasteiger partial charge on any atom is 0.326 e. The Morgan fingerprint density at radius 1 is 1.44 bits per heavy atom. The summed E-state index contributed by atoms with van der Waals surface area (Å²) in [4.78, 5) is 28.6. The molecule has 0 spiro atoms. The Hall–Kier alpha value is -1.91. The summed E-state index contributed by atoms with van der Waals surface area (Å²) < 4.78 is 0. The predicted molar refractivity (Wildman–Crippen MR) is 67.0 cm³/mol. The van der Waals surface area contributed by atoms with Crippen LogP contribution in [-0.4, -0.2) is 34.9 Å². The van der Waals surface area contributed by atoms with Crippen LogP contribution in [0.5, 0.6) is 0 Å². The highest BCUT2D eigenvalue weighted by molar-refractivity contribution is 5.98. The molecule has 1 heterocycles. The first-order valence-corrected chi connectivity index (χ1v) is 5.99. The van der Waals surface area contributed by atoms with Crippen molar-refractivity contribution in [1.29, 1.82) is 0 Å². The first-order valence-electron chi connectivity index (χ1n) is 5.99. The molecule has 1 atom stereocenters. The van der Waals surface area contributed by atoms with Gasteiger partial charge < -0.3 is 10.0 Å². The summed E-state index contributed by atoms with van der Waals surface area (Å²) in [5, 5.41) is 8.97. The standard InChI is InChI=1S/C13H16N2O3/c1-8(13(17)18)15(2)12-7-6-9-10(14-12)4-3-5-11(9)16/h6-8H,3-5H2,1-2H3,(H,17,18). The molecule has 1 aliphatic rings. The summed E-state index contributed by atoms with van der Waals surface area (Å²) in [6.45, 7) is 1.61. The summed E-state index contributed by atoms with van der Waals surface area (Å²) in [5.41, 5.74) is 1.47. The molecule has 5 heteroatoms. The van der Waals surface area contributed by atoms with Crippen molar-refractivity contribution >= 4 is 17.6 Å². The number of likely N-dealkylation sites (N-methyl/N-ethyl adjacent to an activating group) is 1. The summed E-state index contributed by atoms with van der Waals surface area (Å²) in [5.74, 6) is -0.171. The SMILES string of the molecule is CC(C(=O)O)N(C)c1ccc2c(n1)CCCC2=O. The second-order valence-electron chi connectivity index (χ2n) is 4.57. The Kier molecular flexibility index (Phi) is 3.32. The topological polar surface area (TPSA) is 70.5 Å². The van der Waals surface area contributed by atoms with Gasteiger partial charge in [-0.1, -0.05) is 0 Å². The lowest BCUT2D eigenvalue weighted by atomic mass is 9.95. The van der Waals surface area contributed by atoms with Gasteiger partial charge in [-0.25, -0.2) is 9.78 Å². The van der Waals surface area contributed by atoms with E-state index < -0.39 is 12.0 Å². The van der Waals surface area contributed by atoms with Gasteiger partial charge in [0.1, 0.15) is 11.9 Å². The second-order valence-corrected chi connectivity index (χ2v) is 4.57. The Bertz CT molecular complexity index is 499. The van der Waals surface area contributed by atoms with Crippen LogP contribution in [0.2, 0.25) is 0 Å². The minimum atomic E-state index is -0.895. The van der Waals surface area contributed by atoms with Crippen LogP contribution >= 0.6 is 0 Å². The molecule has 1 unspecified atom stereocenters. The third-order valence-corrected chi connectivity index (χ3v) is 3.38. The number of carbonyl (C=O) groups excluding carboxylic acids is 1. The number of hydrogen-bond acceptors (Lipinski definition) is 4. The van der Waals surface area contributed by atoms with E-state index in [4.69, 9.17) is 5.11 Å². The Morgan fingerprint density at radius 2 is 2.17 bits per heavy atom. The fourth-order valence-corrected chi connectivity index (χ4v) is 2.05. The van der Waals surface area contributed by atoms with Crippen molar-refractivity contribution in [2.75, 3.05) is 11.9 Å². The van der Waals surface area contributed by atoms with E-state index in [2.05, 4.69) is 4.98 Å². The average molecular weight is 248 g/mol. The zero-order valence-corrected chi connectivity index (χ0v) is 10.5. The predicted octanol–water partition coefficient (Wildman–Crippen LogP) is 1.51. The zero-order chi connectivity index (χ0) is 13.3. The molecule has 0 aromatic carbocycles. The molecule has 96 valence electrons. The summed E-state index contributed by atoms with van der Waals surface area (Å²) in [7, 11) is 1.69. The molecule has 1 aliphatic carbocycles. The van der Waals surface area contributed by atoms with Gasteiger partial charge in [-0.05, 0) is 31.9 Å². The number of hydrogen-bond donors (Lipinski definition) is 1. The molecule has 0 saturated heterocycles. The molecule has 0 saturated carbocycles. The number of carbonyl (C=O) groups is 2. The van der Waals surface area contributed by atoms with Gasteiger partial charge in [0.05, 0.1) is 5.69 Å². The number of fused-ring (bicyclic) bond motifs is 1. The Labute approximate surface area is 105 Å². The van der Waals surface area contributed by atoms with E-state index in [-0.39, 0.29) is 5.78 Å². The minimum absolute atomic E-state index is 0.129. The number of Topliss-reactive ketones (excluding diaryl/α,β-unsaturated/α-hetero) is 1. The maximum absolute atomic E-state index is 11.7. The molecule has 0 aliphatic heterocycles. The number of ketones is 1. The van der Waals surface area contributed by atoms with Gasteiger partial charge in [0.15, 0.2) is 5.78 Å². The molecule has 2 rings (SSSR count). The third kappa shape index (κ3) is 2.20. The average Bonchev–Trinajstić information content (AvgIpc) is 2.36. The van der Waals surface area contributed by atoms with Crippen LogP contribution in [0.4, 0.5) is 5.82 Å². The van der Waals surface area contributed by atoms with E-state index in [0.29, 0.717) is 17.8 Å². The molecule has 0 bridgehead atoms. The van der Waals surface area contributed by atoms with Crippen LogP contribution in [0.25, 0.3) is 0 Å². The number of rotatable bonds is 3. The summed E-state index contributed by atoms with van der Waals surface area (Å²) >= 11 is 0. The molecule has 0 amide bonds. The van der Waals surface area contributed by atoms with Gasteiger partial charge in [0.2, 0.25) is 0 Å². The van der Waals surface area contributed by atoms with E-state index in [9.17, 15) is 9.59 Å². The smallest absolute Gasteiger partial charge is 0.326 e. The van der Waals surface area contributed by atoms with Crippen molar-refractivity contribution in [1.82, 2.24) is 4.98 Å². The van der Waals surface area contributed by atoms with E-state index in [1.807, 2.05) is 0 Å². The summed E-state index contributed by atoms with van der Waals surface area (Å²) in [6.07, 6.45) is 2.18.